The number of carbonyl (C=O) groups is 2. The van der Waals surface area contributed by atoms with Gasteiger partial charge in [0.05, 0.1) is 7.11 Å². The van der Waals surface area contributed by atoms with Crippen LogP contribution in [-0.2, 0) is 11.3 Å². The standard InChI is InChI=1S/C22H32N4O3/c1-3-24-13-9-22(10-14-24)20(27)26(21(28)23-22)18-7-11-25(12-8-18)16-17-5-4-6-19(15-17)29-2/h4-6,15,18H,3,7-14,16H2,1-2H3,(H,23,28). The van der Waals surface area contributed by atoms with Gasteiger partial charge in [0, 0.05) is 38.8 Å². The minimum absolute atomic E-state index is 0.00417. The Morgan fingerprint density at radius 1 is 1.10 bits per heavy atom. The van der Waals surface area contributed by atoms with E-state index in [0.29, 0.717) is 0 Å². The van der Waals surface area contributed by atoms with Crippen LogP contribution in [0.5, 0.6) is 5.75 Å². The van der Waals surface area contributed by atoms with E-state index in [1.54, 1.807) is 12.0 Å². The summed E-state index contributed by atoms with van der Waals surface area (Å²) in [5.74, 6) is 0.876. The van der Waals surface area contributed by atoms with Gasteiger partial charge in [-0.25, -0.2) is 4.79 Å². The number of hydrogen-bond donors (Lipinski definition) is 1. The minimum atomic E-state index is -0.666. The quantitative estimate of drug-likeness (QED) is 0.767. The number of carbonyl (C=O) groups excluding carboxylic acids is 2. The van der Waals surface area contributed by atoms with Crippen LogP contribution in [0.25, 0.3) is 0 Å². The van der Waals surface area contributed by atoms with E-state index in [0.717, 1.165) is 70.7 Å². The molecular formula is C22H32N4O3. The van der Waals surface area contributed by atoms with E-state index in [2.05, 4.69) is 34.2 Å². The predicted octanol–water partition coefficient (Wildman–Crippen LogP) is 2.07. The first kappa shape index (κ1) is 20.2. The van der Waals surface area contributed by atoms with Gasteiger partial charge >= 0.3 is 6.03 Å². The molecule has 4 rings (SSSR count). The number of ether oxygens (including phenoxy) is 1. The minimum Gasteiger partial charge on any atom is -0.497 e. The molecule has 3 fully saturated rings. The van der Waals surface area contributed by atoms with Crippen LogP contribution < -0.4 is 10.1 Å². The topological polar surface area (TPSA) is 65.1 Å². The zero-order valence-corrected chi connectivity index (χ0v) is 17.5. The van der Waals surface area contributed by atoms with Gasteiger partial charge in [-0.2, -0.15) is 0 Å². The van der Waals surface area contributed by atoms with Crippen molar-refractivity contribution < 1.29 is 14.3 Å². The Kier molecular flexibility index (Phi) is 5.79. The fraction of sp³-hybridized carbons (Fsp3) is 0.636. The molecule has 0 bridgehead atoms. The van der Waals surface area contributed by atoms with Gasteiger partial charge in [-0.1, -0.05) is 19.1 Å². The highest BCUT2D eigenvalue weighted by atomic mass is 16.5. The van der Waals surface area contributed by atoms with E-state index in [4.69, 9.17) is 4.74 Å². The van der Waals surface area contributed by atoms with E-state index in [1.807, 2.05) is 12.1 Å². The van der Waals surface area contributed by atoms with Crippen molar-refractivity contribution in [1.29, 1.82) is 0 Å². The van der Waals surface area contributed by atoms with Crippen molar-refractivity contribution in [1.82, 2.24) is 20.0 Å². The summed E-state index contributed by atoms with van der Waals surface area (Å²) in [4.78, 5) is 32.2. The van der Waals surface area contributed by atoms with Gasteiger partial charge in [0.25, 0.3) is 5.91 Å². The molecule has 0 radical (unpaired) electrons. The molecule has 3 aliphatic heterocycles. The van der Waals surface area contributed by atoms with Crippen molar-refractivity contribution in [2.45, 2.75) is 50.7 Å². The van der Waals surface area contributed by atoms with Crippen LogP contribution in [-0.4, -0.2) is 78.1 Å². The molecule has 0 aliphatic carbocycles. The molecule has 0 unspecified atom stereocenters. The van der Waals surface area contributed by atoms with E-state index >= 15 is 0 Å². The zero-order chi connectivity index (χ0) is 20.4. The summed E-state index contributed by atoms with van der Waals surface area (Å²) in [6.07, 6.45) is 3.10. The lowest BCUT2D eigenvalue weighted by molar-refractivity contribution is -0.135. The van der Waals surface area contributed by atoms with Gasteiger partial charge in [0.1, 0.15) is 11.3 Å². The molecule has 0 saturated carbocycles. The van der Waals surface area contributed by atoms with Gasteiger partial charge in [0.15, 0.2) is 0 Å². The number of nitrogens with zero attached hydrogens (tertiary/aromatic N) is 3. The Morgan fingerprint density at radius 2 is 1.83 bits per heavy atom. The second-order valence-electron chi connectivity index (χ2n) is 8.48. The van der Waals surface area contributed by atoms with Crippen LogP contribution in [0.2, 0.25) is 0 Å². The Labute approximate surface area is 173 Å². The summed E-state index contributed by atoms with van der Waals surface area (Å²) in [7, 11) is 1.68. The lowest BCUT2D eigenvalue weighted by Crippen LogP contribution is -2.55. The highest BCUT2D eigenvalue weighted by Crippen LogP contribution is 2.32. The molecule has 1 spiro atoms. The number of piperidine rings is 2. The zero-order valence-electron chi connectivity index (χ0n) is 17.5. The van der Waals surface area contributed by atoms with Crippen LogP contribution in [0, 0.1) is 0 Å². The molecule has 3 saturated heterocycles. The van der Waals surface area contributed by atoms with E-state index in [1.165, 1.54) is 5.56 Å². The maximum Gasteiger partial charge on any atom is 0.325 e. The van der Waals surface area contributed by atoms with Crippen molar-refractivity contribution in [3.8, 4) is 5.75 Å². The highest BCUT2D eigenvalue weighted by Gasteiger charge is 2.54. The predicted molar refractivity (Wildman–Crippen MR) is 111 cm³/mol. The van der Waals surface area contributed by atoms with Crippen molar-refractivity contribution in [2.24, 2.45) is 0 Å². The normalized spacial score (nSPS) is 23.6. The van der Waals surface area contributed by atoms with E-state index in [-0.39, 0.29) is 18.0 Å². The first-order valence-electron chi connectivity index (χ1n) is 10.8. The first-order chi connectivity index (χ1) is 14.0. The molecule has 0 aromatic heterocycles. The summed E-state index contributed by atoms with van der Waals surface area (Å²) >= 11 is 0. The summed E-state index contributed by atoms with van der Waals surface area (Å²) in [5, 5.41) is 3.06. The average Bonchev–Trinajstić information content (AvgIpc) is 2.99. The molecule has 3 amide bonds. The molecule has 158 valence electrons. The third kappa shape index (κ3) is 3.98. The number of urea groups is 1. The molecule has 3 aliphatic rings. The van der Waals surface area contributed by atoms with Crippen LogP contribution in [0.15, 0.2) is 24.3 Å². The number of rotatable bonds is 5. The molecule has 1 N–H and O–H groups in total. The van der Waals surface area contributed by atoms with Gasteiger partial charge in [-0.15, -0.1) is 0 Å². The number of likely N-dealkylation sites (tertiary alicyclic amines) is 2. The number of hydrogen-bond acceptors (Lipinski definition) is 5. The van der Waals surface area contributed by atoms with Crippen LogP contribution in [0.3, 0.4) is 0 Å². The number of imide groups is 1. The second-order valence-corrected chi connectivity index (χ2v) is 8.48. The maximum atomic E-state index is 13.2. The monoisotopic (exact) mass is 400 g/mol. The Balaban J connectivity index is 1.35. The van der Waals surface area contributed by atoms with Gasteiger partial charge in [-0.3, -0.25) is 14.6 Å². The smallest absolute Gasteiger partial charge is 0.325 e. The molecule has 1 aromatic rings. The SMILES string of the molecule is CCN1CCC2(CC1)NC(=O)N(C1CCN(Cc3cccc(OC)c3)CC1)C2=O. The lowest BCUT2D eigenvalue weighted by Gasteiger charge is -2.38. The number of amides is 3. The van der Waals surface area contributed by atoms with Gasteiger partial charge in [-0.05, 0) is 49.9 Å². The lowest BCUT2D eigenvalue weighted by atomic mass is 9.87. The summed E-state index contributed by atoms with van der Waals surface area (Å²) < 4.78 is 5.31. The van der Waals surface area contributed by atoms with Gasteiger partial charge in [0.2, 0.25) is 0 Å². The third-order valence-electron chi connectivity index (χ3n) is 6.81. The summed E-state index contributed by atoms with van der Waals surface area (Å²) in [5.41, 5.74) is 0.556. The van der Waals surface area contributed by atoms with E-state index in [9.17, 15) is 9.59 Å². The number of benzene rings is 1. The number of methoxy groups -OCH3 is 1. The maximum absolute atomic E-state index is 13.2. The fourth-order valence-corrected chi connectivity index (χ4v) is 4.93. The highest BCUT2D eigenvalue weighted by molar-refractivity contribution is 6.07. The summed E-state index contributed by atoms with van der Waals surface area (Å²) in [6, 6.07) is 7.96. The van der Waals surface area contributed by atoms with Crippen molar-refractivity contribution in [2.75, 3.05) is 39.8 Å². The Hall–Kier alpha value is -2.12. The number of nitrogens with one attached hydrogen (secondary N) is 1. The Bertz CT molecular complexity index is 752. The molecule has 0 atom stereocenters. The van der Waals surface area contributed by atoms with Crippen LogP contribution >= 0.6 is 0 Å². The molecular weight excluding hydrogens is 368 g/mol. The molecule has 3 heterocycles. The van der Waals surface area contributed by atoms with Crippen LogP contribution in [0.4, 0.5) is 4.79 Å². The largest absolute Gasteiger partial charge is 0.497 e. The molecule has 29 heavy (non-hydrogen) atoms. The second kappa shape index (κ2) is 8.32. The van der Waals surface area contributed by atoms with Gasteiger partial charge < -0.3 is 15.0 Å². The molecule has 7 heteroatoms. The van der Waals surface area contributed by atoms with Crippen molar-refractivity contribution >= 4 is 11.9 Å². The fourth-order valence-electron chi connectivity index (χ4n) is 4.93. The van der Waals surface area contributed by atoms with Crippen molar-refractivity contribution in [3.05, 3.63) is 29.8 Å². The first-order valence-corrected chi connectivity index (χ1v) is 10.8. The van der Waals surface area contributed by atoms with Crippen LogP contribution in [0.1, 0.15) is 38.2 Å². The Morgan fingerprint density at radius 3 is 2.48 bits per heavy atom. The average molecular weight is 401 g/mol. The van der Waals surface area contributed by atoms with Crippen molar-refractivity contribution in [3.63, 3.8) is 0 Å². The third-order valence-corrected chi connectivity index (χ3v) is 6.81. The molecule has 7 nitrogen and oxygen atoms in total. The molecule has 1 aromatic carbocycles. The van der Waals surface area contributed by atoms with E-state index < -0.39 is 5.54 Å². The summed E-state index contributed by atoms with van der Waals surface area (Å²) in [6.45, 7) is 7.50.